The van der Waals surface area contributed by atoms with E-state index in [4.69, 9.17) is 0 Å². The molecule has 0 unspecified atom stereocenters. The van der Waals surface area contributed by atoms with Crippen molar-refractivity contribution in [3.05, 3.63) is 47.3 Å². The minimum absolute atomic E-state index is 0.324. The lowest BCUT2D eigenvalue weighted by Gasteiger charge is -2.04. The normalized spacial score (nSPS) is 10.7. The summed E-state index contributed by atoms with van der Waals surface area (Å²) in [6, 6.07) is 10.4. The summed E-state index contributed by atoms with van der Waals surface area (Å²) < 4.78 is 1.88. The monoisotopic (exact) mass is 230 g/mol. The molecule has 3 nitrogen and oxygen atoms in total. The van der Waals surface area contributed by atoms with E-state index >= 15 is 0 Å². The van der Waals surface area contributed by atoms with Crippen molar-refractivity contribution in [2.75, 3.05) is 0 Å². The molecule has 1 aromatic heterocycles. The zero-order valence-electron chi connectivity index (χ0n) is 10.3. The first-order valence-corrected chi connectivity index (χ1v) is 5.95. The maximum absolute atomic E-state index is 9.66. The number of benzene rings is 1. The third-order valence-electron chi connectivity index (χ3n) is 3.02. The molecule has 0 aliphatic carbocycles. The van der Waals surface area contributed by atoms with Gasteiger partial charge in [0.1, 0.15) is 5.69 Å². The van der Waals surface area contributed by atoms with Crippen LogP contribution in [-0.2, 0) is 13.0 Å². The van der Waals surface area contributed by atoms with Crippen LogP contribution in [-0.4, -0.2) is 14.9 Å². The van der Waals surface area contributed by atoms with Gasteiger partial charge >= 0.3 is 0 Å². The number of hydrogen-bond donors (Lipinski definition) is 1. The van der Waals surface area contributed by atoms with Gasteiger partial charge in [-0.25, -0.2) is 0 Å². The summed E-state index contributed by atoms with van der Waals surface area (Å²) in [6.07, 6.45) is 2.07. The van der Waals surface area contributed by atoms with Crippen LogP contribution in [0.15, 0.2) is 30.3 Å². The van der Waals surface area contributed by atoms with E-state index in [1.54, 1.807) is 0 Å². The topological polar surface area (TPSA) is 38.0 Å². The molecule has 1 heterocycles. The predicted molar refractivity (Wildman–Crippen MR) is 68.1 cm³/mol. The fourth-order valence-corrected chi connectivity index (χ4v) is 1.98. The van der Waals surface area contributed by atoms with Crippen molar-refractivity contribution in [2.45, 2.75) is 33.2 Å². The van der Waals surface area contributed by atoms with Gasteiger partial charge in [0, 0.05) is 6.54 Å². The smallest absolute Gasteiger partial charge is 0.159 e. The second-order valence-electron chi connectivity index (χ2n) is 4.33. The quantitative estimate of drug-likeness (QED) is 0.877. The highest BCUT2D eigenvalue weighted by Gasteiger charge is 2.08. The van der Waals surface area contributed by atoms with Gasteiger partial charge in [-0.15, -0.1) is 0 Å². The molecule has 1 aromatic carbocycles. The second kappa shape index (κ2) is 5.04. The van der Waals surface area contributed by atoms with Crippen LogP contribution in [0.4, 0.5) is 0 Å². The van der Waals surface area contributed by atoms with E-state index in [1.807, 2.05) is 24.6 Å². The number of aromatic hydroxyl groups is 1. The van der Waals surface area contributed by atoms with Crippen LogP contribution in [0.1, 0.15) is 23.4 Å². The molecule has 0 fully saturated rings. The first kappa shape index (κ1) is 11.7. The summed E-state index contributed by atoms with van der Waals surface area (Å²) in [4.78, 5) is 0. The molecular formula is C14H18N2O. The summed E-state index contributed by atoms with van der Waals surface area (Å²) in [6.45, 7) is 4.58. The van der Waals surface area contributed by atoms with Crippen LogP contribution in [0.2, 0.25) is 0 Å². The maximum Gasteiger partial charge on any atom is 0.159 e. The van der Waals surface area contributed by atoms with Gasteiger partial charge in [0.15, 0.2) is 5.75 Å². The summed E-state index contributed by atoms with van der Waals surface area (Å²) in [7, 11) is 0. The summed E-state index contributed by atoms with van der Waals surface area (Å²) in [5.41, 5.74) is 2.91. The third kappa shape index (κ3) is 2.67. The van der Waals surface area contributed by atoms with Gasteiger partial charge < -0.3 is 5.11 Å². The largest absolute Gasteiger partial charge is 0.504 e. The predicted octanol–water partition coefficient (Wildman–Crippen LogP) is 2.84. The van der Waals surface area contributed by atoms with E-state index in [0.29, 0.717) is 11.4 Å². The molecule has 0 bridgehead atoms. The average molecular weight is 230 g/mol. The van der Waals surface area contributed by atoms with Crippen molar-refractivity contribution in [1.82, 2.24) is 9.78 Å². The van der Waals surface area contributed by atoms with Gasteiger partial charge in [0.05, 0.1) is 5.69 Å². The van der Waals surface area contributed by atoms with Crippen LogP contribution in [0.5, 0.6) is 5.75 Å². The summed E-state index contributed by atoms with van der Waals surface area (Å²) >= 11 is 0. The van der Waals surface area contributed by atoms with Crippen molar-refractivity contribution in [1.29, 1.82) is 0 Å². The molecule has 17 heavy (non-hydrogen) atoms. The molecular weight excluding hydrogens is 212 g/mol. The standard InChI is InChI=1S/C14H18N2O/c1-11-14(17)12(2)16(15-11)10-6-9-13-7-4-3-5-8-13/h3-5,7-8,17H,6,9-10H2,1-2H3. The lowest BCUT2D eigenvalue weighted by molar-refractivity contribution is 0.463. The minimum Gasteiger partial charge on any atom is -0.504 e. The van der Waals surface area contributed by atoms with E-state index in [9.17, 15) is 5.11 Å². The van der Waals surface area contributed by atoms with Crippen molar-refractivity contribution in [3.8, 4) is 5.75 Å². The first-order valence-electron chi connectivity index (χ1n) is 5.95. The van der Waals surface area contributed by atoms with Crippen LogP contribution < -0.4 is 0 Å². The molecule has 0 aliphatic heterocycles. The number of nitrogens with zero attached hydrogens (tertiary/aromatic N) is 2. The lowest BCUT2D eigenvalue weighted by Crippen LogP contribution is -2.03. The molecule has 0 saturated carbocycles. The van der Waals surface area contributed by atoms with Gasteiger partial charge in [-0.05, 0) is 32.3 Å². The molecule has 0 saturated heterocycles. The Balaban J connectivity index is 1.92. The molecule has 3 heteroatoms. The minimum atomic E-state index is 0.324. The van der Waals surface area contributed by atoms with Gasteiger partial charge in [-0.2, -0.15) is 5.10 Å². The molecule has 2 rings (SSSR count). The number of aromatic nitrogens is 2. The second-order valence-corrected chi connectivity index (χ2v) is 4.33. The molecule has 0 spiro atoms. The van der Waals surface area contributed by atoms with E-state index in [2.05, 4.69) is 29.4 Å². The van der Waals surface area contributed by atoms with Crippen LogP contribution in [0.3, 0.4) is 0 Å². The average Bonchev–Trinajstić information content (AvgIpc) is 2.59. The Morgan fingerprint density at radius 2 is 1.88 bits per heavy atom. The van der Waals surface area contributed by atoms with E-state index in [1.165, 1.54) is 5.56 Å². The molecule has 90 valence electrons. The van der Waals surface area contributed by atoms with Gasteiger partial charge in [0.25, 0.3) is 0 Å². The first-order chi connectivity index (χ1) is 8.18. The summed E-state index contributed by atoms with van der Waals surface area (Å²) in [5.74, 6) is 0.324. The molecule has 0 atom stereocenters. The Morgan fingerprint density at radius 1 is 1.18 bits per heavy atom. The number of aryl methyl sites for hydroxylation is 3. The highest BCUT2D eigenvalue weighted by Crippen LogP contribution is 2.20. The summed E-state index contributed by atoms with van der Waals surface area (Å²) in [5, 5.41) is 14.0. The van der Waals surface area contributed by atoms with E-state index in [0.717, 1.165) is 25.1 Å². The Hall–Kier alpha value is -1.77. The van der Waals surface area contributed by atoms with Gasteiger partial charge in [-0.1, -0.05) is 30.3 Å². The molecule has 0 radical (unpaired) electrons. The van der Waals surface area contributed by atoms with Crippen molar-refractivity contribution < 1.29 is 5.11 Å². The molecule has 1 N–H and O–H groups in total. The third-order valence-corrected chi connectivity index (χ3v) is 3.02. The fourth-order valence-electron chi connectivity index (χ4n) is 1.98. The highest BCUT2D eigenvalue weighted by molar-refractivity contribution is 5.29. The van der Waals surface area contributed by atoms with Crippen LogP contribution >= 0.6 is 0 Å². The molecule has 2 aromatic rings. The Bertz CT molecular complexity index is 488. The highest BCUT2D eigenvalue weighted by atomic mass is 16.3. The van der Waals surface area contributed by atoms with Crippen molar-refractivity contribution in [3.63, 3.8) is 0 Å². The van der Waals surface area contributed by atoms with Crippen LogP contribution in [0, 0.1) is 13.8 Å². The Kier molecular flexibility index (Phi) is 3.47. The fraction of sp³-hybridized carbons (Fsp3) is 0.357. The van der Waals surface area contributed by atoms with E-state index in [-0.39, 0.29) is 0 Å². The SMILES string of the molecule is Cc1nn(CCCc2ccccc2)c(C)c1O. The zero-order valence-corrected chi connectivity index (χ0v) is 10.3. The maximum atomic E-state index is 9.66. The lowest BCUT2D eigenvalue weighted by atomic mass is 10.1. The molecule has 0 aliphatic rings. The van der Waals surface area contributed by atoms with E-state index < -0.39 is 0 Å². The van der Waals surface area contributed by atoms with Gasteiger partial charge in [-0.3, -0.25) is 4.68 Å². The van der Waals surface area contributed by atoms with Crippen LogP contribution in [0.25, 0.3) is 0 Å². The number of hydrogen-bond acceptors (Lipinski definition) is 2. The number of rotatable bonds is 4. The van der Waals surface area contributed by atoms with Crippen molar-refractivity contribution in [2.24, 2.45) is 0 Å². The molecule has 0 amide bonds. The Morgan fingerprint density at radius 3 is 2.47 bits per heavy atom. The van der Waals surface area contributed by atoms with Crippen molar-refractivity contribution >= 4 is 0 Å². The zero-order chi connectivity index (χ0) is 12.3. The van der Waals surface area contributed by atoms with Gasteiger partial charge in [0.2, 0.25) is 0 Å². The Labute approximate surface area is 102 Å².